The van der Waals surface area contributed by atoms with Gasteiger partial charge in [-0.3, -0.25) is 4.79 Å². The zero-order valence-electron chi connectivity index (χ0n) is 6.97. The lowest BCUT2D eigenvalue weighted by Gasteiger charge is -2.26. The number of carbonyl (C=O) groups is 1. The Kier molecular flexibility index (Phi) is 3.02. The quantitative estimate of drug-likeness (QED) is 0.587. The Morgan fingerprint density at radius 1 is 1.55 bits per heavy atom. The van der Waals surface area contributed by atoms with E-state index >= 15 is 0 Å². The lowest BCUT2D eigenvalue weighted by Crippen LogP contribution is -2.42. The van der Waals surface area contributed by atoms with E-state index in [0.717, 1.165) is 25.9 Å². The van der Waals surface area contributed by atoms with Crippen LogP contribution in [0, 0.1) is 5.92 Å². The Morgan fingerprint density at radius 2 is 2.09 bits per heavy atom. The molecule has 1 fully saturated rings. The highest BCUT2D eigenvalue weighted by Gasteiger charge is 2.22. The van der Waals surface area contributed by atoms with E-state index < -0.39 is 0 Å². The van der Waals surface area contributed by atoms with Gasteiger partial charge in [-0.2, -0.15) is 0 Å². The van der Waals surface area contributed by atoms with Crippen LogP contribution in [0.25, 0.3) is 0 Å². The number of rotatable bonds is 2. The first-order valence-corrected chi connectivity index (χ1v) is 4.18. The molecule has 0 saturated carbocycles. The minimum Gasteiger partial charge on any atom is -0.321 e. The number of nitrogens with one attached hydrogen (secondary N) is 1. The second-order valence-corrected chi connectivity index (χ2v) is 3.22. The zero-order valence-corrected chi connectivity index (χ0v) is 6.97. The van der Waals surface area contributed by atoms with Crippen LogP contribution in [0.15, 0.2) is 0 Å². The van der Waals surface area contributed by atoms with E-state index in [1.165, 1.54) is 0 Å². The maximum Gasteiger partial charge on any atom is 0.146 e. The van der Waals surface area contributed by atoms with E-state index in [2.05, 4.69) is 5.32 Å². The fraction of sp³-hybridized carbons (Fsp3) is 0.875. The van der Waals surface area contributed by atoms with Crippen molar-refractivity contribution >= 4 is 5.78 Å². The Bertz CT molecular complexity index is 141. The van der Waals surface area contributed by atoms with Crippen molar-refractivity contribution in [1.82, 2.24) is 5.32 Å². The highest BCUT2D eigenvalue weighted by atomic mass is 16.1. The summed E-state index contributed by atoms with van der Waals surface area (Å²) < 4.78 is 0. The van der Waals surface area contributed by atoms with Crippen LogP contribution in [0.5, 0.6) is 0 Å². The monoisotopic (exact) mass is 156 g/mol. The first-order valence-electron chi connectivity index (χ1n) is 4.18. The smallest absolute Gasteiger partial charge is 0.146 e. The van der Waals surface area contributed by atoms with E-state index in [1.54, 1.807) is 6.92 Å². The molecule has 0 aliphatic carbocycles. The zero-order chi connectivity index (χ0) is 8.27. The van der Waals surface area contributed by atoms with Crippen molar-refractivity contribution in [3.05, 3.63) is 0 Å². The van der Waals surface area contributed by atoms with Crippen LogP contribution in [0.3, 0.4) is 0 Å². The van der Waals surface area contributed by atoms with Crippen molar-refractivity contribution in [2.75, 3.05) is 13.1 Å². The number of piperidine rings is 1. The van der Waals surface area contributed by atoms with Gasteiger partial charge in [0.1, 0.15) is 5.78 Å². The van der Waals surface area contributed by atoms with Crippen molar-refractivity contribution in [2.45, 2.75) is 25.8 Å². The Labute approximate surface area is 67.3 Å². The maximum atomic E-state index is 10.9. The van der Waals surface area contributed by atoms with Crippen molar-refractivity contribution in [3.63, 3.8) is 0 Å². The van der Waals surface area contributed by atoms with Gasteiger partial charge in [0.25, 0.3) is 0 Å². The van der Waals surface area contributed by atoms with Crippen LogP contribution < -0.4 is 11.1 Å². The molecular weight excluding hydrogens is 140 g/mol. The summed E-state index contributed by atoms with van der Waals surface area (Å²) in [7, 11) is 0. The number of carbonyl (C=O) groups excluding carboxylic acids is 1. The molecule has 0 amide bonds. The molecule has 0 aromatic carbocycles. The number of Topliss-reactive ketones (excluding diaryl/α,β-unsaturated/α-hetero) is 1. The highest BCUT2D eigenvalue weighted by Crippen LogP contribution is 2.14. The normalized spacial score (nSPS) is 23.1. The summed E-state index contributed by atoms with van der Waals surface area (Å²) >= 11 is 0. The number of nitrogens with two attached hydrogens (primary N) is 1. The second-order valence-electron chi connectivity index (χ2n) is 3.22. The van der Waals surface area contributed by atoms with E-state index in [0.29, 0.717) is 5.92 Å². The van der Waals surface area contributed by atoms with Crippen molar-refractivity contribution in [2.24, 2.45) is 11.7 Å². The van der Waals surface area contributed by atoms with Crippen LogP contribution in [0.1, 0.15) is 19.8 Å². The SMILES string of the molecule is CC(=O)C(N)C1CCNCC1. The summed E-state index contributed by atoms with van der Waals surface area (Å²) in [5.41, 5.74) is 5.71. The van der Waals surface area contributed by atoms with Gasteiger partial charge in [0.15, 0.2) is 0 Å². The summed E-state index contributed by atoms with van der Waals surface area (Å²) in [4.78, 5) is 10.9. The molecule has 1 heterocycles. The third-order valence-electron chi connectivity index (χ3n) is 2.36. The maximum absolute atomic E-state index is 10.9. The highest BCUT2D eigenvalue weighted by molar-refractivity contribution is 5.81. The van der Waals surface area contributed by atoms with Gasteiger partial charge < -0.3 is 11.1 Å². The van der Waals surface area contributed by atoms with Gasteiger partial charge >= 0.3 is 0 Å². The van der Waals surface area contributed by atoms with Crippen molar-refractivity contribution in [3.8, 4) is 0 Å². The van der Waals surface area contributed by atoms with Gasteiger partial charge in [-0.05, 0) is 38.8 Å². The molecule has 1 aliphatic rings. The molecule has 1 atom stereocenters. The summed E-state index contributed by atoms with van der Waals surface area (Å²) in [6.07, 6.45) is 2.08. The lowest BCUT2D eigenvalue weighted by molar-refractivity contribution is -0.119. The molecule has 0 aromatic rings. The molecule has 3 heteroatoms. The molecule has 1 rings (SSSR count). The second kappa shape index (κ2) is 3.83. The molecule has 11 heavy (non-hydrogen) atoms. The van der Waals surface area contributed by atoms with E-state index in [-0.39, 0.29) is 11.8 Å². The minimum absolute atomic E-state index is 0.122. The van der Waals surface area contributed by atoms with Gasteiger partial charge in [0, 0.05) is 0 Å². The minimum atomic E-state index is -0.225. The Morgan fingerprint density at radius 3 is 2.55 bits per heavy atom. The molecule has 0 spiro atoms. The van der Waals surface area contributed by atoms with E-state index in [9.17, 15) is 4.79 Å². The summed E-state index contributed by atoms with van der Waals surface area (Å²) in [6.45, 7) is 3.59. The van der Waals surface area contributed by atoms with Gasteiger partial charge in [-0.15, -0.1) is 0 Å². The average Bonchev–Trinajstić information content (AvgIpc) is 2.05. The number of ketones is 1. The fourth-order valence-corrected chi connectivity index (χ4v) is 1.54. The molecule has 0 bridgehead atoms. The summed E-state index contributed by atoms with van der Waals surface area (Å²) in [5, 5.41) is 3.24. The van der Waals surface area contributed by atoms with Crippen LogP contribution in [0.2, 0.25) is 0 Å². The van der Waals surface area contributed by atoms with E-state index in [1.807, 2.05) is 0 Å². The van der Waals surface area contributed by atoms with E-state index in [4.69, 9.17) is 5.73 Å². The third-order valence-corrected chi connectivity index (χ3v) is 2.36. The lowest BCUT2D eigenvalue weighted by atomic mass is 9.89. The van der Waals surface area contributed by atoms with Gasteiger partial charge in [-0.25, -0.2) is 0 Å². The van der Waals surface area contributed by atoms with Crippen LogP contribution >= 0.6 is 0 Å². The molecule has 1 saturated heterocycles. The van der Waals surface area contributed by atoms with Crippen LogP contribution in [0.4, 0.5) is 0 Å². The summed E-state index contributed by atoms with van der Waals surface area (Å²) in [6, 6.07) is -0.225. The van der Waals surface area contributed by atoms with Crippen molar-refractivity contribution < 1.29 is 4.79 Å². The third kappa shape index (κ3) is 2.27. The molecule has 0 radical (unpaired) electrons. The first kappa shape index (κ1) is 8.68. The van der Waals surface area contributed by atoms with Gasteiger partial charge in [0.2, 0.25) is 0 Å². The molecule has 3 N–H and O–H groups in total. The molecule has 1 aliphatic heterocycles. The average molecular weight is 156 g/mol. The Balaban J connectivity index is 2.38. The standard InChI is InChI=1S/C8H16N2O/c1-6(11)8(9)7-2-4-10-5-3-7/h7-8,10H,2-5,9H2,1H3. The van der Waals surface area contributed by atoms with Gasteiger partial charge in [-0.1, -0.05) is 0 Å². The fourth-order valence-electron chi connectivity index (χ4n) is 1.54. The molecule has 1 unspecified atom stereocenters. The predicted molar refractivity (Wildman–Crippen MR) is 44.3 cm³/mol. The first-order chi connectivity index (χ1) is 5.22. The molecule has 3 nitrogen and oxygen atoms in total. The topological polar surface area (TPSA) is 55.1 Å². The van der Waals surface area contributed by atoms with Crippen molar-refractivity contribution in [1.29, 1.82) is 0 Å². The van der Waals surface area contributed by atoms with Crippen LogP contribution in [-0.4, -0.2) is 24.9 Å². The number of hydrogen-bond acceptors (Lipinski definition) is 3. The predicted octanol–water partition coefficient (Wildman–Crippen LogP) is -0.0977. The molecular formula is C8H16N2O. The van der Waals surface area contributed by atoms with Gasteiger partial charge in [0.05, 0.1) is 6.04 Å². The van der Waals surface area contributed by atoms with Crippen LogP contribution in [-0.2, 0) is 4.79 Å². The number of hydrogen-bond donors (Lipinski definition) is 2. The Hall–Kier alpha value is -0.410. The molecule has 0 aromatic heterocycles. The largest absolute Gasteiger partial charge is 0.321 e. The summed E-state index contributed by atoms with van der Waals surface area (Å²) in [5.74, 6) is 0.533. The molecule has 64 valence electrons.